The largest absolute Gasteiger partial charge is 0.312 e. The molecular weight excluding hydrogens is 262 g/mol. The Balaban J connectivity index is 2.10. The van der Waals surface area contributed by atoms with E-state index in [1.54, 1.807) is 6.20 Å². The molecule has 1 aromatic rings. The van der Waals surface area contributed by atoms with Gasteiger partial charge in [0.1, 0.15) is 0 Å². The first-order chi connectivity index (χ1) is 9.02. The van der Waals surface area contributed by atoms with Gasteiger partial charge in [0.25, 0.3) is 0 Å². The van der Waals surface area contributed by atoms with Crippen molar-refractivity contribution in [1.82, 2.24) is 24.9 Å². The van der Waals surface area contributed by atoms with Crippen LogP contribution >= 0.6 is 11.6 Å². The molecule has 108 valence electrons. The van der Waals surface area contributed by atoms with Crippen molar-refractivity contribution < 1.29 is 0 Å². The van der Waals surface area contributed by atoms with Crippen LogP contribution in [0.4, 0.5) is 0 Å². The maximum Gasteiger partial charge on any atom is 0.0834 e. The van der Waals surface area contributed by atoms with Gasteiger partial charge in [0.15, 0.2) is 0 Å². The summed E-state index contributed by atoms with van der Waals surface area (Å²) < 4.78 is 1.87. The van der Waals surface area contributed by atoms with Crippen LogP contribution in [0.3, 0.4) is 0 Å². The molecule has 2 atom stereocenters. The fraction of sp³-hybridized carbons (Fsp3) is 0.769. The lowest BCUT2D eigenvalue weighted by atomic mass is 10.0. The van der Waals surface area contributed by atoms with Crippen molar-refractivity contribution in [3.05, 3.63) is 16.9 Å². The molecule has 1 saturated heterocycles. The number of rotatable bonds is 4. The van der Waals surface area contributed by atoms with Gasteiger partial charge in [-0.25, -0.2) is 0 Å². The molecule has 0 saturated carbocycles. The van der Waals surface area contributed by atoms with E-state index in [-0.39, 0.29) is 6.04 Å². The first kappa shape index (κ1) is 14.8. The lowest BCUT2D eigenvalue weighted by Crippen LogP contribution is -2.51. The zero-order valence-corrected chi connectivity index (χ0v) is 13.0. The summed E-state index contributed by atoms with van der Waals surface area (Å²) in [5.41, 5.74) is 1.07. The van der Waals surface area contributed by atoms with Crippen molar-refractivity contribution in [2.24, 2.45) is 7.05 Å². The SMILES string of the molecule is CNC(CC1CN(C)CCN1C)c1c(Cl)cnn1C. The second-order valence-electron chi connectivity index (χ2n) is 5.47. The van der Waals surface area contributed by atoms with Gasteiger partial charge in [0, 0.05) is 32.7 Å². The quantitative estimate of drug-likeness (QED) is 0.894. The molecule has 0 aliphatic carbocycles. The molecule has 5 nitrogen and oxygen atoms in total. The molecule has 1 N–H and O–H groups in total. The molecule has 0 radical (unpaired) electrons. The predicted octanol–water partition coefficient (Wildman–Crippen LogP) is 0.970. The second kappa shape index (κ2) is 6.22. The minimum Gasteiger partial charge on any atom is -0.312 e. The van der Waals surface area contributed by atoms with Gasteiger partial charge in [-0.05, 0) is 27.6 Å². The fourth-order valence-corrected chi connectivity index (χ4v) is 3.10. The van der Waals surface area contributed by atoms with Crippen LogP contribution in [-0.4, -0.2) is 66.4 Å². The Morgan fingerprint density at radius 3 is 2.74 bits per heavy atom. The minimum atomic E-state index is 0.235. The highest BCUT2D eigenvalue weighted by Gasteiger charge is 2.27. The molecule has 0 aromatic carbocycles. The van der Waals surface area contributed by atoms with Gasteiger partial charge >= 0.3 is 0 Å². The monoisotopic (exact) mass is 285 g/mol. The summed E-state index contributed by atoms with van der Waals surface area (Å²) in [7, 11) is 8.32. The number of nitrogens with one attached hydrogen (secondary N) is 1. The van der Waals surface area contributed by atoms with Crippen LogP contribution in [0.5, 0.6) is 0 Å². The van der Waals surface area contributed by atoms with Crippen LogP contribution in [0.1, 0.15) is 18.2 Å². The minimum absolute atomic E-state index is 0.235. The average Bonchev–Trinajstić information content (AvgIpc) is 2.71. The van der Waals surface area contributed by atoms with Crippen LogP contribution < -0.4 is 5.32 Å². The topological polar surface area (TPSA) is 36.3 Å². The lowest BCUT2D eigenvalue weighted by Gasteiger charge is -2.39. The molecular formula is C13H24ClN5. The zero-order valence-electron chi connectivity index (χ0n) is 12.2. The van der Waals surface area contributed by atoms with E-state index in [1.807, 2.05) is 18.8 Å². The summed E-state index contributed by atoms with van der Waals surface area (Å²) in [5, 5.41) is 8.36. The molecule has 6 heteroatoms. The molecule has 1 aliphatic heterocycles. The van der Waals surface area contributed by atoms with Crippen molar-refractivity contribution in [3.63, 3.8) is 0 Å². The predicted molar refractivity (Wildman–Crippen MR) is 78.6 cm³/mol. The van der Waals surface area contributed by atoms with E-state index in [9.17, 15) is 0 Å². The van der Waals surface area contributed by atoms with Crippen LogP contribution in [0, 0.1) is 0 Å². The van der Waals surface area contributed by atoms with Crippen molar-refractivity contribution in [2.45, 2.75) is 18.5 Å². The number of hydrogen-bond acceptors (Lipinski definition) is 4. The third-order valence-electron chi connectivity index (χ3n) is 4.10. The summed E-state index contributed by atoms with van der Waals surface area (Å²) in [4.78, 5) is 4.83. The van der Waals surface area contributed by atoms with Crippen molar-refractivity contribution >= 4 is 11.6 Å². The molecule has 1 aliphatic rings. The smallest absolute Gasteiger partial charge is 0.0834 e. The Labute approximate surface area is 120 Å². The number of piperazine rings is 1. The highest BCUT2D eigenvalue weighted by molar-refractivity contribution is 6.31. The molecule has 19 heavy (non-hydrogen) atoms. The molecule has 1 aromatic heterocycles. The number of aromatic nitrogens is 2. The highest BCUT2D eigenvalue weighted by Crippen LogP contribution is 2.27. The third kappa shape index (κ3) is 3.28. The Bertz CT molecular complexity index is 400. The van der Waals surface area contributed by atoms with E-state index in [0.29, 0.717) is 6.04 Å². The highest BCUT2D eigenvalue weighted by atomic mass is 35.5. The van der Waals surface area contributed by atoms with Crippen molar-refractivity contribution in [2.75, 3.05) is 40.8 Å². The Hall–Kier alpha value is -0.620. The summed E-state index contributed by atoms with van der Waals surface area (Å²) in [5.74, 6) is 0. The maximum atomic E-state index is 6.25. The third-order valence-corrected chi connectivity index (χ3v) is 4.40. The van der Waals surface area contributed by atoms with Gasteiger partial charge < -0.3 is 15.1 Å². The van der Waals surface area contributed by atoms with E-state index in [0.717, 1.165) is 36.8 Å². The Morgan fingerprint density at radius 2 is 2.16 bits per heavy atom. The normalized spacial score (nSPS) is 23.7. The van der Waals surface area contributed by atoms with Gasteiger partial charge in [0.05, 0.1) is 23.0 Å². The van der Waals surface area contributed by atoms with Gasteiger partial charge in [-0.1, -0.05) is 11.6 Å². The van der Waals surface area contributed by atoms with E-state index < -0.39 is 0 Å². The molecule has 2 rings (SSSR count). The number of halogens is 1. The first-order valence-electron chi connectivity index (χ1n) is 6.76. The van der Waals surface area contributed by atoms with Gasteiger partial charge in [-0.2, -0.15) is 5.10 Å². The summed E-state index contributed by atoms with van der Waals surface area (Å²) in [6.07, 6.45) is 2.76. The van der Waals surface area contributed by atoms with Crippen LogP contribution in [0.2, 0.25) is 5.02 Å². The molecule has 2 heterocycles. The number of aryl methyl sites for hydroxylation is 1. The van der Waals surface area contributed by atoms with E-state index in [2.05, 4.69) is 34.3 Å². The van der Waals surface area contributed by atoms with E-state index >= 15 is 0 Å². The van der Waals surface area contributed by atoms with Crippen LogP contribution in [0.25, 0.3) is 0 Å². The summed E-state index contributed by atoms with van der Waals surface area (Å²) >= 11 is 6.25. The van der Waals surface area contributed by atoms with Crippen LogP contribution in [-0.2, 0) is 7.05 Å². The molecule has 1 fully saturated rings. The zero-order chi connectivity index (χ0) is 14.0. The fourth-order valence-electron chi connectivity index (χ4n) is 2.81. The molecule has 2 unspecified atom stereocenters. The lowest BCUT2D eigenvalue weighted by molar-refractivity contribution is 0.101. The van der Waals surface area contributed by atoms with Gasteiger partial charge in [-0.15, -0.1) is 0 Å². The van der Waals surface area contributed by atoms with Crippen molar-refractivity contribution in [1.29, 1.82) is 0 Å². The molecule has 0 bridgehead atoms. The van der Waals surface area contributed by atoms with E-state index in [4.69, 9.17) is 11.6 Å². The van der Waals surface area contributed by atoms with Crippen LogP contribution in [0.15, 0.2) is 6.20 Å². The number of nitrogens with zero attached hydrogens (tertiary/aromatic N) is 4. The average molecular weight is 286 g/mol. The summed E-state index contributed by atoms with van der Waals surface area (Å²) in [6.45, 7) is 3.37. The number of hydrogen-bond donors (Lipinski definition) is 1. The molecule has 0 spiro atoms. The van der Waals surface area contributed by atoms with E-state index in [1.165, 1.54) is 0 Å². The first-order valence-corrected chi connectivity index (χ1v) is 7.14. The summed E-state index contributed by atoms with van der Waals surface area (Å²) in [6, 6.07) is 0.779. The standard InChI is InChI=1S/C13H24ClN5/c1-15-12(13-11(14)8-16-19(13)4)7-10-9-17(2)5-6-18(10)3/h8,10,12,15H,5-7,9H2,1-4H3. The van der Waals surface area contributed by atoms with Gasteiger partial charge in [-0.3, -0.25) is 4.68 Å². The Kier molecular flexibility index (Phi) is 4.84. The molecule has 0 amide bonds. The second-order valence-corrected chi connectivity index (χ2v) is 5.88. The Morgan fingerprint density at radius 1 is 1.42 bits per heavy atom. The number of likely N-dealkylation sites (N-methyl/N-ethyl adjacent to an activating group) is 2. The maximum absolute atomic E-state index is 6.25. The van der Waals surface area contributed by atoms with Gasteiger partial charge in [0.2, 0.25) is 0 Å². The van der Waals surface area contributed by atoms with Crippen molar-refractivity contribution in [3.8, 4) is 0 Å².